The summed E-state index contributed by atoms with van der Waals surface area (Å²) in [4.78, 5) is 4.24. The number of rotatable bonds is 5. The monoisotopic (exact) mass is 286 g/mol. The van der Waals surface area contributed by atoms with Gasteiger partial charge in [-0.2, -0.15) is 0 Å². The number of halogens is 1. The molecule has 0 spiro atoms. The van der Waals surface area contributed by atoms with Crippen molar-refractivity contribution in [3.05, 3.63) is 23.4 Å². The van der Waals surface area contributed by atoms with Crippen molar-refractivity contribution in [1.29, 1.82) is 0 Å². The molecule has 1 aliphatic carbocycles. The molecule has 2 unspecified atom stereocenters. The Morgan fingerprint density at radius 1 is 1.61 bits per heavy atom. The molecule has 1 fully saturated rings. The van der Waals surface area contributed by atoms with Gasteiger partial charge in [0.1, 0.15) is 5.03 Å². The first-order chi connectivity index (χ1) is 8.65. The maximum Gasteiger partial charge on any atom is 0.115 e. The van der Waals surface area contributed by atoms with Crippen LogP contribution in [0.3, 0.4) is 0 Å². The van der Waals surface area contributed by atoms with E-state index in [-0.39, 0.29) is 0 Å². The predicted molar refractivity (Wildman–Crippen MR) is 75.9 cm³/mol. The third-order valence-corrected chi connectivity index (χ3v) is 5.16. The van der Waals surface area contributed by atoms with Gasteiger partial charge in [0.25, 0.3) is 0 Å². The third-order valence-electron chi connectivity index (χ3n) is 3.71. The Balaban J connectivity index is 1.84. The van der Waals surface area contributed by atoms with Gasteiger partial charge in [0.15, 0.2) is 0 Å². The van der Waals surface area contributed by atoms with Gasteiger partial charge in [0.2, 0.25) is 0 Å². The zero-order valence-electron chi connectivity index (χ0n) is 10.3. The molecule has 0 aliphatic heterocycles. The maximum atomic E-state index is 10.3. The molecule has 0 saturated heterocycles. The Kier molecular flexibility index (Phi) is 4.90. The van der Waals surface area contributed by atoms with E-state index in [1.54, 1.807) is 18.0 Å². The van der Waals surface area contributed by atoms with Crippen molar-refractivity contribution in [2.45, 2.75) is 36.3 Å². The van der Waals surface area contributed by atoms with Gasteiger partial charge < -0.3 is 10.8 Å². The van der Waals surface area contributed by atoms with Gasteiger partial charge in [-0.05, 0) is 43.1 Å². The lowest BCUT2D eigenvalue weighted by Crippen LogP contribution is -2.41. The maximum absolute atomic E-state index is 10.3. The number of aliphatic hydroxyl groups is 1. The highest BCUT2D eigenvalue weighted by Gasteiger charge is 2.39. The van der Waals surface area contributed by atoms with Gasteiger partial charge in [0.05, 0.1) is 10.6 Å². The van der Waals surface area contributed by atoms with Crippen LogP contribution in [0, 0.1) is 5.92 Å². The smallest absolute Gasteiger partial charge is 0.115 e. The van der Waals surface area contributed by atoms with Gasteiger partial charge in [-0.25, -0.2) is 4.98 Å². The second-order valence-corrected chi connectivity index (χ2v) is 6.32. The van der Waals surface area contributed by atoms with Crippen molar-refractivity contribution in [1.82, 2.24) is 4.98 Å². The van der Waals surface area contributed by atoms with Gasteiger partial charge in [0, 0.05) is 12.7 Å². The highest BCUT2D eigenvalue weighted by atomic mass is 35.5. The summed E-state index contributed by atoms with van der Waals surface area (Å²) in [7, 11) is 0. The van der Waals surface area contributed by atoms with E-state index in [0.29, 0.717) is 17.5 Å². The standard InChI is InChI=1S/C13H19ClN2OS/c14-11-4-2-7-16-12(11)18-8-5-10-3-1-6-13(10,17)9-15/h2,4,7,10,17H,1,3,5-6,8-9,15H2. The molecule has 1 aliphatic rings. The Morgan fingerprint density at radius 3 is 3.17 bits per heavy atom. The Hall–Kier alpha value is -0.290. The summed E-state index contributed by atoms with van der Waals surface area (Å²) in [6.45, 7) is 0.368. The molecular formula is C13H19ClN2OS. The SMILES string of the molecule is NCC1(O)CCCC1CCSc1ncccc1Cl. The first-order valence-electron chi connectivity index (χ1n) is 6.31. The van der Waals surface area contributed by atoms with Crippen molar-refractivity contribution < 1.29 is 5.11 Å². The molecule has 0 radical (unpaired) electrons. The molecule has 100 valence electrons. The van der Waals surface area contributed by atoms with Crippen molar-refractivity contribution in [2.75, 3.05) is 12.3 Å². The summed E-state index contributed by atoms with van der Waals surface area (Å²) in [5, 5.41) is 11.9. The minimum atomic E-state index is -0.644. The fraction of sp³-hybridized carbons (Fsp3) is 0.615. The Morgan fingerprint density at radius 2 is 2.44 bits per heavy atom. The van der Waals surface area contributed by atoms with E-state index in [9.17, 15) is 5.11 Å². The Labute approximate surface area is 117 Å². The van der Waals surface area contributed by atoms with Gasteiger partial charge in [-0.15, -0.1) is 11.8 Å². The molecule has 3 nitrogen and oxygen atoms in total. The molecule has 0 amide bonds. The van der Waals surface area contributed by atoms with E-state index in [1.165, 1.54) is 0 Å². The summed E-state index contributed by atoms with van der Waals surface area (Å²) in [5.74, 6) is 1.24. The van der Waals surface area contributed by atoms with E-state index in [2.05, 4.69) is 4.98 Å². The lowest BCUT2D eigenvalue weighted by molar-refractivity contribution is 0.0103. The predicted octanol–water partition coefficient (Wildman–Crippen LogP) is 2.71. The van der Waals surface area contributed by atoms with Gasteiger partial charge in [-0.1, -0.05) is 18.0 Å². The summed E-state index contributed by atoms with van der Waals surface area (Å²) in [6.07, 6.45) is 5.70. The van der Waals surface area contributed by atoms with Crippen LogP contribution in [0.1, 0.15) is 25.7 Å². The van der Waals surface area contributed by atoms with Crippen LogP contribution in [0.5, 0.6) is 0 Å². The second kappa shape index (κ2) is 6.24. The topological polar surface area (TPSA) is 59.1 Å². The molecule has 0 aromatic carbocycles. The van der Waals surface area contributed by atoms with Crippen LogP contribution in [-0.4, -0.2) is 28.0 Å². The van der Waals surface area contributed by atoms with E-state index >= 15 is 0 Å². The summed E-state index contributed by atoms with van der Waals surface area (Å²) in [6, 6.07) is 3.68. The molecule has 1 saturated carbocycles. The van der Waals surface area contributed by atoms with Crippen LogP contribution < -0.4 is 5.73 Å². The quantitative estimate of drug-likeness (QED) is 0.817. The fourth-order valence-corrected chi connectivity index (χ4v) is 3.81. The average Bonchev–Trinajstić information content (AvgIpc) is 2.74. The molecule has 18 heavy (non-hydrogen) atoms. The number of thioether (sulfide) groups is 1. The molecule has 1 aromatic heterocycles. The largest absolute Gasteiger partial charge is 0.388 e. The number of nitrogens with zero attached hydrogens (tertiary/aromatic N) is 1. The molecule has 1 aromatic rings. The van der Waals surface area contributed by atoms with Crippen LogP contribution in [0.2, 0.25) is 5.02 Å². The first-order valence-corrected chi connectivity index (χ1v) is 7.68. The van der Waals surface area contributed by atoms with E-state index in [4.69, 9.17) is 17.3 Å². The van der Waals surface area contributed by atoms with Crippen LogP contribution >= 0.6 is 23.4 Å². The highest BCUT2D eigenvalue weighted by Crippen LogP contribution is 2.38. The Bertz CT molecular complexity index is 404. The van der Waals surface area contributed by atoms with Crippen molar-refractivity contribution in [3.8, 4) is 0 Å². The fourth-order valence-electron chi connectivity index (χ4n) is 2.58. The number of aromatic nitrogens is 1. The zero-order chi connectivity index (χ0) is 13.0. The third kappa shape index (κ3) is 3.18. The van der Waals surface area contributed by atoms with Crippen molar-refractivity contribution in [2.24, 2.45) is 11.7 Å². The molecular weight excluding hydrogens is 268 g/mol. The molecule has 2 atom stereocenters. The first kappa shape index (κ1) is 14.1. The van der Waals surface area contributed by atoms with Crippen molar-refractivity contribution >= 4 is 23.4 Å². The second-order valence-electron chi connectivity index (χ2n) is 4.82. The van der Waals surface area contributed by atoms with Gasteiger partial charge >= 0.3 is 0 Å². The molecule has 1 heterocycles. The van der Waals surface area contributed by atoms with E-state index in [1.807, 2.05) is 12.1 Å². The lowest BCUT2D eigenvalue weighted by atomic mass is 9.89. The molecule has 2 rings (SSSR count). The number of pyridine rings is 1. The number of hydrogen-bond donors (Lipinski definition) is 2. The van der Waals surface area contributed by atoms with Crippen molar-refractivity contribution in [3.63, 3.8) is 0 Å². The molecule has 5 heteroatoms. The molecule has 0 bridgehead atoms. The number of hydrogen-bond acceptors (Lipinski definition) is 4. The normalized spacial score (nSPS) is 27.6. The zero-order valence-corrected chi connectivity index (χ0v) is 11.9. The summed E-state index contributed by atoms with van der Waals surface area (Å²) >= 11 is 7.70. The van der Waals surface area contributed by atoms with Crippen LogP contribution in [0.15, 0.2) is 23.4 Å². The molecule has 3 N–H and O–H groups in total. The van der Waals surface area contributed by atoms with Crippen LogP contribution in [-0.2, 0) is 0 Å². The number of nitrogens with two attached hydrogens (primary N) is 1. The summed E-state index contributed by atoms with van der Waals surface area (Å²) < 4.78 is 0. The minimum absolute atomic E-state index is 0.317. The van der Waals surface area contributed by atoms with Gasteiger partial charge in [-0.3, -0.25) is 0 Å². The van der Waals surface area contributed by atoms with E-state index < -0.39 is 5.60 Å². The summed E-state index contributed by atoms with van der Waals surface area (Å²) in [5.41, 5.74) is 5.03. The van der Waals surface area contributed by atoms with Crippen LogP contribution in [0.4, 0.5) is 0 Å². The van der Waals surface area contributed by atoms with Crippen LogP contribution in [0.25, 0.3) is 0 Å². The van der Waals surface area contributed by atoms with E-state index in [0.717, 1.165) is 36.5 Å². The minimum Gasteiger partial charge on any atom is -0.388 e. The lowest BCUT2D eigenvalue weighted by Gasteiger charge is -2.28. The average molecular weight is 287 g/mol. The highest BCUT2D eigenvalue weighted by molar-refractivity contribution is 7.99.